The second-order valence-corrected chi connectivity index (χ2v) is 7.22. The normalized spacial score (nSPS) is 14.8. The van der Waals surface area contributed by atoms with Crippen molar-refractivity contribution in [2.24, 2.45) is 5.73 Å². The first-order valence-corrected chi connectivity index (χ1v) is 7.56. The van der Waals surface area contributed by atoms with Gasteiger partial charge in [0.2, 0.25) is 0 Å². The fourth-order valence-electron chi connectivity index (χ4n) is 1.46. The molecule has 2 rings (SSSR count). The van der Waals surface area contributed by atoms with Crippen molar-refractivity contribution in [2.45, 2.75) is 32.4 Å². The molecule has 0 saturated carbocycles. The molecule has 0 aliphatic rings. The number of halogens is 2. The summed E-state index contributed by atoms with van der Waals surface area (Å²) in [5, 5.41) is 3.90. The van der Waals surface area contributed by atoms with E-state index in [1.165, 1.54) is 11.3 Å². The average Bonchev–Trinajstić information content (AvgIpc) is 2.93. The van der Waals surface area contributed by atoms with Crippen molar-refractivity contribution in [3.05, 3.63) is 20.6 Å². The maximum Gasteiger partial charge on any atom is 0.260 e. The Morgan fingerprint density at radius 3 is 2.75 bits per heavy atom. The lowest BCUT2D eigenvalue weighted by atomic mass is 10.1. The molecule has 2 aromatic rings. The zero-order valence-corrected chi connectivity index (χ0v) is 13.6. The van der Waals surface area contributed by atoms with Gasteiger partial charge >= 0.3 is 0 Å². The summed E-state index contributed by atoms with van der Waals surface area (Å²) in [6.07, 6.45) is 0.0781. The van der Waals surface area contributed by atoms with Gasteiger partial charge in [-0.1, -0.05) is 28.4 Å². The lowest BCUT2D eigenvalue weighted by Crippen LogP contribution is -2.40. The van der Waals surface area contributed by atoms with E-state index >= 15 is 0 Å². The minimum absolute atomic E-state index is 0.0781. The topological polar surface area (TPSA) is 74.2 Å². The number of ether oxygens (including phenoxy) is 1. The molecule has 0 aliphatic carbocycles. The Balaban J connectivity index is 2.22. The average molecular weight is 336 g/mol. The Labute approximate surface area is 131 Å². The summed E-state index contributed by atoms with van der Waals surface area (Å²) < 4.78 is 11.8. The van der Waals surface area contributed by atoms with E-state index in [1.54, 1.807) is 13.0 Å². The van der Waals surface area contributed by atoms with Gasteiger partial charge in [-0.15, -0.1) is 11.3 Å². The molecule has 0 radical (unpaired) electrons. The summed E-state index contributed by atoms with van der Waals surface area (Å²) in [7, 11) is 0. The number of nitrogens with two attached hydrogens (primary N) is 1. The molecule has 5 nitrogen and oxygen atoms in total. The monoisotopic (exact) mass is 335 g/mol. The van der Waals surface area contributed by atoms with E-state index in [1.807, 2.05) is 13.8 Å². The first-order valence-electron chi connectivity index (χ1n) is 5.99. The minimum atomic E-state index is -0.835. The molecule has 1 atom stereocenters. The van der Waals surface area contributed by atoms with Crippen molar-refractivity contribution >= 4 is 34.5 Å². The van der Waals surface area contributed by atoms with E-state index in [4.69, 9.17) is 38.2 Å². The van der Waals surface area contributed by atoms with Crippen LogP contribution in [0.25, 0.3) is 11.5 Å². The largest absolute Gasteiger partial charge is 0.376 e. The Kier molecular flexibility index (Phi) is 4.71. The molecule has 20 heavy (non-hydrogen) atoms. The molecule has 110 valence electrons. The number of hydrogen-bond acceptors (Lipinski definition) is 6. The number of thiophene rings is 1. The van der Waals surface area contributed by atoms with Crippen LogP contribution in [0.1, 0.15) is 26.6 Å². The Morgan fingerprint density at radius 1 is 1.50 bits per heavy atom. The van der Waals surface area contributed by atoms with Crippen LogP contribution in [0, 0.1) is 0 Å². The van der Waals surface area contributed by atoms with Gasteiger partial charge in [0.1, 0.15) is 9.88 Å². The van der Waals surface area contributed by atoms with Gasteiger partial charge in [0.05, 0.1) is 22.6 Å². The molecule has 0 fully saturated rings. The molecule has 0 aliphatic heterocycles. The van der Waals surface area contributed by atoms with Crippen LogP contribution in [0.4, 0.5) is 0 Å². The zero-order valence-electron chi connectivity index (χ0n) is 11.3. The summed E-state index contributed by atoms with van der Waals surface area (Å²) >= 11 is 13.2. The van der Waals surface area contributed by atoms with Crippen LogP contribution in [0.2, 0.25) is 8.67 Å². The third-order valence-corrected chi connectivity index (χ3v) is 4.03. The number of hydrogen-bond donors (Lipinski definition) is 1. The van der Waals surface area contributed by atoms with E-state index in [0.29, 0.717) is 32.6 Å². The molecular weight excluding hydrogens is 321 g/mol. The van der Waals surface area contributed by atoms with E-state index in [2.05, 4.69) is 10.1 Å². The molecule has 0 aromatic carbocycles. The van der Waals surface area contributed by atoms with Crippen LogP contribution in [0.3, 0.4) is 0 Å². The third kappa shape index (κ3) is 3.51. The van der Waals surface area contributed by atoms with Crippen molar-refractivity contribution in [3.63, 3.8) is 0 Å². The van der Waals surface area contributed by atoms with Gasteiger partial charge in [0.25, 0.3) is 5.89 Å². The molecule has 2 heterocycles. The summed E-state index contributed by atoms with van der Waals surface area (Å²) in [5.41, 5.74) is 5.93. The first kappa shape index (κ1) is 15.7. The lowest BCUT2D eigenvalue weighted by molar-refractivity contribution is 0.0410. The minimum Gasteiger partial charge on any atom is -0.376 e. The van der Waals surface area contributed by atoms with Gasteiger partial charge in [-0.2, -0.15) is 4.98 Å². The predicted octanol–water partition coefficient (Wildman–Crippen LogP) is 3.70. The number of aromatic nitrogens is 2. The van der Waals surface area contributed by atoms with Gasteiger partial charge in [-0.3, -0.25) is 0 Å². The quantitative estimate of drug-likeness (QED) is 0.901. The second-order valence-electron chi connectivity index (χ2n) is 4.94. The smallest absolute Gasteiger partial charge is 0.260 e. The SMILES string of the molecule is CC(C)OCC(C)(N)c1noc(-c2cc(Cl)sc2Cl)n1. The highest BCUT2D eigenvalue weighted by molar-refractivity contribution is 7.20. The number of nitrogens with zero attached hydrogens (tertiary/aromatic N) is 2. The van der Waals surface area contributed by atoms with Crippen LogP contribution in [0.5, 0.6) is 0 Å². The lowest BCUT2D eigenvalue weighted by Gasteiger charge is -2.21. The maximum atomic E-state index is 6.15. The van der Waals surface area contributed by atoms with Crippen LogP contribution in [0.15, 0.2) is 10.6 Å². The van der Waals surface area contributed by atoms with Gasteiger partial charge in [0, 0.05) is 0 Å². The maximum absolute atomic E-state index is 6.15. The first-order chi connectivity index (χ1) is 9.29. The van der Waals surface area contributed by atoms with Crippen LogP contribution >= 0.6 is 34.5 Å². The third-order valence-electron chi connectivity index (χ3n) is 2.54. The summed E-state index contributed by atoms with van der Waals surface area (Å²) in [6.45, 7) is 5.95. The highest BCUT2D eigenvalue weighted by Gasteiger charge is 2.29. The number of rotatable bonds is 5. The molecule has 0 spiro atoms. The predicted molar refractivity (Wildman–Crippen MR) is 80.3 cm³/mol. The molecule has 2 aromatic heterocycles. The fourth-order valence-corrected chi connectivity index (χ4v) is 2.90. The molecule has 0 saturated heterocycles. The molecule has 1 unspecified atom stereocenters. The fraction of sp³-hybridized carbons (Fsp3) is 0.500. The van der Waals surface area contributed by atoms with Gasteiger partial charge in [-0.25, -0.2) is 0 Å². The van der Waals surface area contributed by atoms with Gasteiger partial charge in [0.15, 0.2) is 5.82 Å². The molecule has 0 bridgehead atoms. The van der Waals surface area contributed by atoms with E-state index < -0.39 is 5.54 Å². The van der Waals surface area contributed by atoms with Crippen molar-refractivity contribution in [2.75, 3.05) is 6.61 Å². The standard InChI is InChI=1S/C12H15Cl2N3O2S/c1-6(2)18-5-12(3,15)11-16-10(19-17-11)7-4-8(13)20-9(7)14/h4,6H,5,15H2,1-3H3. The van der Waals surface area contributed by atoms with Crippen molar-refractivity contribution in [1.82, 2.24) is 10.1 Å². The van der Waals surface area contributed by atoms with Crippen molar-refractivity contribution in [3.8, 4) is 11.5 Å². The van der Waals surface area contributed by atoms with E-state index in [0.717, 1.165) is 0 Å². The zero-order chi connectivity index (χ0) is 14.9. The van der Waals surface area contributed by atoms with E-state index in [-0.39, 0.29) is 6.10 Å². The summed E-state index contributed by atoms with van der Waals surface area (Å²) in [6, 6.07) is 1.68. The molecule has 2 N–H and O–H groups in total. The Bertz CT molecular complexity index is 595. The Morgan fingerprint density at radius 2 is 2.20 bits per heavy atom. The van der Waals surface area contributed by atoms with Crippen molar-refractivity contribution < 1.29 is 9.26 Å². The Hall–Kier alpha value is -0.660. The van der Waals surface area contributed by atoms with Crippen LogP contribution in [-0.2, 0) is 10.3 Å². The van der Waals surface area contributed by atoms with Gasteiger partial charge in [-0.05, 0) is 26.8 Å². The van der Waals surface area contributed by atoms with Gasteiger partial charge < -0.3 is 15.0 Å². The highest BCUT2D eigenvalue weighted by Crippen LogP contribution is 2.37. The van der Waals surface area contributed by atoms with Crippen molar-refractivity contribution in [1.29, 1.82) is 0 Å². The van der Waals surface area contributed by atoms with Crippen LogP contribution < -0.4 is 5.73 Å². The second kappa shape index (κ2) is 5.99. The van der Waals surface area contributed by atoms with E-state index in [9.17, 15) is 0 Å². The summed E-state index contributed by atoms with van der Waals surface area (Å²) in [4.78, 5) is 4.29. The molecule has 0 amide bonds. The molecular formula is C12H15Cl2N3O2S. The summed E-state index contributed by atoms with van der Waals surface area (Å²) in [5.74, 6) is 0.668. The van der Waals surface area contributed by atoms with Crippen LogP contribution in [-0.4, -0.2) is 22.9 Å². The molecule has 8 heteroatoms. The highest BCUT2D eigenvalue weighted by atomic mass is 35.5.